The number of nitrogens with one attached hydrogen (secondary N) is 2. The number of methoxy groups -OCH3 is 1. The lowest BCUT2D eigenvalue weighted by Gasteiger charge is -2.15. The number of hydrogen-bond donors (Lipinski definition) is 3. The molecule has 19 heavy (non-hydrogen) atoms. The molecule has 7 heteroatoms. The molecule has 0 saturated carbocycles. The first-order valence-corrected chi connectivity index (χ1v) is 5.84. The monoisotopic (exact) mass is 266 g/mol. The van der Waals surface area contributed by atoms with Crippen LogP contribution in [0.15, 0.2) is 18.3 Å². The van der Waals surface area contributed by atoms with Gasteiger partial charge in [-0.25, -0.2) is 4.98 Å². The molecule has 0 saturated heterocycles. The highest BCUT2D eigenvalue weighted by Crippen LogP contribution is 2.11. The summed E-state index contributed by atoms with van der Waals surface area (Å²) in [6, 6.07) is 2.62. The van der Waals surface area contributed by atoms with Crippen LogP contribution in [-0.2, 0) is 9.53 Å². The molecule has 1 rings (SSSR count). The van der Waals surface area contributed by atoms with Gasteiger partial charge < -0.3 is 21.1 Å². The van der Waals surface area contributed by atoms with Crippen LogP contribution in [0, 0.1) is 0 Å². The highest BCUT2D eigenvalue weighted by Gasteiger charge is 2.16. The second-order valence-corrected chi connectivity index (χ2v) is 3.91. The van der Waals surface area contributed by atoms with Crippen LogP contribution in [-0.4, -0.2) is 43.1 Å². The molecular formula is C12H18N4O3. The van der Waals surface area contributed by atoms with Crippen LogP contribution >= 0.6 is 0 Å². The third-order valence-corrected chi connectivity index (χ3v) is 2.43. The number of anilines is 1. The Morgan fingerprint density at radius 3 is 2.89 bits per heavy atom. The quantitative estimate of drug-likeness (QED) is 0.590. The van der Waals surface area contributed by atoms with Crippen LogP contribution in [0.2, 0.25) is 0 Å². The Hall–Kier alpha value is -2.15. The number of nitrogens with two attached hydrogens (primary N) is 1. The molecule has 2 amide bonds. The number of ether oxygens (including phenoxy) is 1. The van der Waals surface area contributed by atoms with Gasteiger partial charge in [-0.05, 0) is 19.1 Å². The number of amides is 2. The van der Waals surface area contributed by atoms with E-state index in [-0.39, 0.29) is 11.5 Å². The van der Waals surface area contributed by atoms with Crippen molar-refractivity contribution in [1.29, 1.82) is 0 Å². The number of pyridine rings is 1. The van der Waals surface area contributed by atoms with Crippen molar-refractivity contribution in [1.82, 2.24) is 10.3 Å². The molecule has 0 spiro atoms. The minimum Gasteiger partial charge on any atom is -0.383 e. The molecule has 1 heterocycles. The molecule has 0 bridgehead atoms. The standard InChI is InChI=1S/C12H18N4O3/c1-8(12(18)15-6-7-19-2)16-11-9(10(13)17)4-3-5-14-11/h3-5,8H,6-7H2,1-2H3,(H2,13,17)(H,14,16)(H,15,18). The molecule has 0 aromatic carbocycles. The van der Waals surface area contributed by atoms with Crippen molar-refractivity contribution in [2.45, 2.75) is 13.0 Å². The van der Waals surface area contributed by atoms with Gasteiger partial charge in [0, 0.05) is 19.9 Å². The van der Waals surface area contributed by atoms with Gasteiger partial charge in [-0.15, -0.1) is 0 Å². The van der Waals surface area contributed by atoms with E-state index in [1.807, 2.05) is 0 Å². The molecule has 1 aromatic heterocycles. The van der Waals surface area contributed by atoms with Gasteiger partial charge in [0.05, 0.1) is 12.2 Å². The Labute approximate surface area is 111 Å². The summed E-state index contributed by atoms with van der Waals surface area (Å²) < 4.78 is 4.83. The molecule has 1 atom stereocenters. The third kappa shape index (κ3) is 4.55. The minimum absolute atomic E-state index is 0.210. The van der Waals surface area contributed by atoms with E-state index in [2.05, 4.69) is 15.6 Å². The Bertz CT molecular complexity index is 450. The minimum atomic E-state index is -0.595. The van der Waals surface area contributed by atoms with Crippen molar-refractivity contribution in [3.63, 3.8) is 0 Å². The maximum Gasteiger partial charge on any atom is 0.252 e. The summed E-state index contributed by atoms with van der Waals surface area (Å²) in [4.78, 5) is 26.9. The molecular weight excluding hydrogens is 248 g/mol. The van der Waals surface area contributed by atoms with E-state index >= 15 is 0 Å². The lowest BCUT2D eigenvalue weighted by Crippen LogP contribution is -2.39. The topological polar surface area (TPSA) is 106 Å². The van der Waals surface area contributed by atoms with Crippen LogP contribution in [0.4, 0.5) is 5.82 Å². The smallest absolute Gasteiger partial charge is 0.252 e. The average molecular weight is 266 g/mol. The van der Waals surface area contributed by atoms with Crippen molar-refractivity contribution < 1.29 is 14.3 Å². The van der Waals surface area contributed by atoms with Crippen LogP contribution < -0.4 is 16.4 Å². The third-order valence-electron chi connectivity index (χ3n) is 2.43. The summed E-state index contributed by atoms with van der Waals surface area (Å²) in [6.07, 6.45) is 1.52. The van der Waals surface area contributed by atoms with Gasteiger partial charge in [-0.3, -0.25) is 9.59 Å². The highest BCUT2D eigenvalue weighted by molar-refractivity contribution is 5.98. The van der Waals surface area contributed by atoms with Crippen molar-refractivity contribution in [2.75, 3.05) is 25.6 Å². The van der Waals surface area contributed by atoms with E-state index in [0.29, 0.717) is 19.0 Å². The fourth-order valence-corrected chi connectivity index (χ4v) is 1.42. The van der Waals surface area contributed by atoms with Gasteiger partial charge >= 0.3 is 0 Å². The van der Waals surface area contributed by atoms with Crippen molar-refractivity contribution in [2.24, 2.45) is 5.73 Å². The highest BCUT2D eigenvalue weighted by atomic mass is 16.5. The molecule has 104 valence electrons. The van der Waals surface area contributed by atoms with Crippen LogP contribution in [0.1, 0.15) is 17.3 Å². The van der Waals surface area contributed by atoms with Gasteiger partial charge in [-0.2, -0.15) is 0 Å². The Morgan fingerprint density at radius 1 is 1.53 bits per heavy atom. The zero-order chi connectivity index (χ0) is 14.3. The van der Waals surface area contributed by atoms with E-state index in [1.54, 1.807) is 26.2 Å². The van der Waals surface area contributed by atoms with Gasteiger partial charge in [0.25, 0.3) is 5.91 Å². The van der Waals surface area contributed by atoms with E-state index in [0.717, 1.165) is 0 Å². The summed E-state index contributed by atoms with van der Waals surface area (Å²) in [6.45, 7) is 2.53. The molecule has 0 radical (unpaired) electrons. The van der Waals surface area contributed by atoms with Gasteiger partial charge in [0.15, 0.2) is 0 Å². The van der Waals surface area contributed by atoms with Gasteiger partial charge in [0.1, 0.15) is 11.9 Å². The lowest BCUT2D eigenvalue weighted by molar-refractivity contribution is -0.121. The number of hydrogen-bond acceptors (Lipinski definition) is 5. The molecule has 0 fully saturated rings. The maximum absolute atomic E-state index is 11.7. The largest absolute Gasteiger partial charge is 0.383 e. The maximum atomic E-state index is 11.7. The first-order valence-electron chi connectivity index (χ1n) is 5.84. The fourth-order valence-electron chi connectivity index (χ4n) is 1.42. The molecule has 4 N–H and O–H groups in total. The normalized spacial score (nSPS) is 11.7. The first-order chi connectivity index (χ1) is 9.06. The molecule has 1 aromatic rings. The predicted octanol–water partition coefficient (Wildman–Crippen LogP) is -0.256. The molecule has 1 unspecified atom stereocenters. The van der Waals surface area contributed by atoms with Crippen molar-refractivity contribution >= 4 is 17.6 Å². The number of rotatable bonds is 7. The summed E-state index contributed by atoms with van der Waals surface area (Å²) in [5.74, 6) is -0.509. The zero-order valence-electron chi connectivity index (χ0n) is 11.0. The number of nitrogens with zero attached hydrogens (tertiary/aromatic N) is 1. The number of carbonyl (C=O) groups is 2. The first kappa shape index (κ1) is 14.9. The van der Waals surface area contributed by atoms with E-state index in [4.69, 9.17) is 10.5 Å². The number of aromatic nitrogens is 1. The van der Waals surface area contributed by atoms with Gasteiger partial charge in [0.2, 0.25) is 5.91 Å². The summed E-state index contributed by atoms with van der Waals surface area (Å²) >= 11 is 0. The molecule has 0 aliphatic heterocycles. The SMILES string of the molecule is COCCNC(=O)C(C)Nc1ncccc1C(N)=O. The second-order valence-electron chi connectivity index (χ2n) is 3.91. The Balaban J connectivity index is 2.63. The summed E-state index contributed by atoms with van der Waals surface area (Å²) in [7, 11) is 1.56. The Kier molecular flexibility index (Phi) is 5.74. The fraction of sp³-hybridized carbons (Fsp3) is 0.417. The average Bonchev–Trinajstić information content (AvgIpc) is 2.39. The van der Waals surface area contributed by atoms with E-state index in [9.17, 15) is 9.59 Å². The number of primary amides is 1. The van der Waals surface area contributed by atoms with E-state index < -0.39 is 11.9 Å². The zero-order valence-corrected chi connectivity index (χ0v) is 11.0. The summed E-state index contributed by atoms with van der Waals surface area (Å²) in [5, 5.41) is 5.54. The van der Waals surface area contributed by atoms with Crippen molar-refractivity contribution in [3.05, 3.63) is 23.9 Å². The molecule has 0 aliphatic carbocycles. The Morgan fingerprint density at radius 2 is 2.26 bits per heavy atom. The lowest BCUT2D eigenvalue weighted by atomic mass is 10.2. The molecule has 0 aliphatic rings. The van der Waals surface area contributed by atoms with Crippen LogP contribution in [0.25, 0.3) is 0 Å². The van der Waals surface area contributed by atoms with Crippen LogP contribution in [0.5, 0.6) is 0 Å². The van der Waals surface area contributed by atoms with Crippen LogP contribution in [0.3, 0.4) is 0 Å². The number of carbonyl (C=O) groups excluding carboxylic acids is 2. The van der Waals surface area contributed by atoms with E-state index in [1.165, 1.54) is 6.20 Å². The second kappa shape index (κ2) is 7.32. The molecule has 7 nitrogen and oxygen atoms in total. The summed E-state index contributed by atoms with van der Waals surface area (Å²) in [5.41, 5.74) is 5.48. The van der Waals surface area contributed by atoms with Crippen molar-refractivity contribution in [3.8, 4) is 0 Å². The van der Waals surface area contributed by atoms with Gasteiger partial charge in [-0.1, -0.05) is 0 Å². The predicted molar refractivity (Wildman–Crippen MR) is 70.7 cm³/mol.